The molecule has 2 saturated heterocycles. The molecule has 3 aromatic rings. The number of carbonyl (C=O) groups is 1. The van der Waals surface area contributed by atoms with Crippen molar-refractivity contribution in [2.45, 2.75) is 29.0 Å². The van der Waals surface area contributed by atoms with Gasteiger partial charge < -0.3 is 0 Å². The summed E-state index contributed by atoms with van der Waals surface area (Å²) in [5.74, 6) is 6.93. The Morgan fingerprint density at radius 1 is 1.32 bits per heavy atom. The number of amides is 1. The van der Waals surface area contributed by atoms with Crippen molar-refractivity contribution in [1.82, 2.24) is 19.6 Å². The number of piperidine rings is 1. The number of nitriles is 1. The van der Waals surface area contributed by atoms with Gasteiger partial charge in [0.05, 0.1) is 0 Å². The van der Waals surface area contributed by atoms with Crippen LogP contribution in [0.15, 0.2) is 36.7 Å². The molecule has 3 fully saturated rings. The van der Waals surface area contributed by atoms with Gasteiger partial charge in [0.15, 0.2) is 0 Å². The Bertz CT molecular complexity index is 1710. The van der Waals surface area contributed by atoms with E-state index in [1.165, 1.54) is 24.8 Å². The molecular formula is C30H30F3N7O3Se. The summed E-state index contributed by atoms with van der Waals surface area (Å²) >= 11 is -1.84. The Labute approximate surface area is 258 Å². The Balaban J connectivity index is 1.23. The van der Waals surface area contributed by atoms with Crippen molar-refractivity contribution in [3.63, 3.8) is 0 Å². The van der Waals surface area contributed by atoms with Crippen molar-refractivity contribution in [2.24, 2.45) is 5.92 Å². The van der Waals surface area contributed by atoms with Gasteiger partial charge in [0.2, 0.25) is 0 Å². The van der Waals surface area contributed by atoms with Gasteiger partial charge in [0.25, 0.3) is 0 Å². The molecule has 1 aromatic carbocycles. The number of benzene rings is 1. The van der Waals surface area contributed by atoms with Crippen LogP contribution in [0.3, 0.4) is 0 Å². The zero-order valence-corrected chi connectivity index (χ0v) is 25.8. The van der Waals surface area contributed by atoms with Gasteiger partial charge in [-0.1, -0.05) is 0 Å². The molecule has 0 radical (unpaired) electrons. The second-order valence-corrected chi connectivity index (χ2v) is 13.3. The minimum atomic E-state index is -4.38. The first-order valence-electron chi connectivity index (χ1n) is 14.0. The summed E-state index contributed by atoms with van der Waals surface area (Å²) in [4.78, 5) is 18.8. The van der Waals surface area contributed by atoms with E-state index >= 15 is 0 Å². The van der Waals surface area contributed by atoms with Crippen LogP contribution in [0.4, 0.5) is 24.7 Å². The minimum absolute atomic E-state index is 0.0951. The van der Waals surface area contributed by atoms with Gasteiger partial charge in [-0.05, 0) is 0 Å². The molecule has 14 heteroatoms. The van der Waals surface area contributed by atoms with Gasteiger partial charge in [-0.15, -0.1) is 0 Å². The molecule has 6 rings (SSSR count). The fourth-order valence-electron chi connectivity index (χ4n) is 5.96. The molecule has 2 unspecified atom stereocenters. The maximum atomic E-state index is 13.7. The standard InChI is InChI=1S/C30H30F3N7O3Se/c1-35-26(41)19-5-6-24(42-2)22(12-19)36-8-3-4-20-13-23-25(37-9-11-40(23)27(20)44-30(31,32)33)38-29-7-10-39(15-21(29)14-29)28(16-34)17-43-18-28/h5-6,9,11-13,21,36H,7-8,10,14-15,17-18H2,1-2H3,(H,35,41)(H,37,38). The monoisotopic (exact) mass is 673 g/mol. The van der Waals surface area contributed by atoms with Crippen molar-refractivity contribution in [3.05, 3.63) is 47.8 Å². The molecule has 3 N–H and O–H groups in total. The third-order valence-corrected chi connectivity index (χ3v) is 10.3. The summed E-state index contributed by atoms with van der Waals surface area (Å²) in [6.45, 7) is 2.43. The molecule has 0 spiro atoms. The van der Waals surface area contributed by atoms with Crippen LogP contribution in [0.2, 0.25) is 0 Å². The normalized spacial score (nSPS) is 22.0. The molecular weight excluding hydrogens is 642 g/mol. The van der Waals surface area contributed by atoms with E-state index in [0.29, 0.717) is 47.5 Å². The van der Waals surface area contributed by atoms with Crippen LogP contribution in [0.1, 0.15) is 28.8 Å². The number of carbonyl (C=O) groups excluding carboxylic acids is 1. The van der Waals surface area contributed by atoms with Gasteiger partial charge in [-0.2, -0.15) is 0 Å². The topological polar surface area (TPSA) is 116 Å². The van der Waals surface area contributed by atoms with E-state index in [4.69, 9.17) is 9.47 Å². The van der Waals surface area contributed by atoms with E-state index in [9.17, 15) is 23.2 Å². The van der Waals surface area contributed by atoms with E-state index in [1.54, 1.807) is 30.5 Å². The van der Waals surface area contributed by atoms with Crippen molar-refractivity contribution in [1.29, 1.82) is 5.26 Å². The second-order valence-electron chi connectivity index (χ2n) is 11.1. The average molecular weight is 673 g/mol. The molecule has 1 aliphatic carbocycles. The van der Waals surface area contributed by atoms with E-state index in [-0.39, 0.29) is 28.1 Å². The van der Waals surface area contributed by atoms with Gasteiger partial charge in [-0.25, -0.2) is 0 Å². The Morgan fingerprint density at radius 3 is 2.80 bits per heavy atom. The van der Waals surface area contributed by atoms with Crippen LogP contribution < -0.4 is 25.3 Å². The zero-order chi connectivity index (χ0) is 31.1. The molecule has 2 aliphatic heterocycles. The van der Waals surface area contributed by atoms with E-state index in [1.807, 2.05) is 0 Å². The number of fused-ring (bicyclic) bond motifs is 2. The van der Waals surface area contributed by atoms with Gasteiger partial charge in [0.1, 0.15) is 0 Å². The van der Waals surface area contributed by atoms with E-state index in [0.717, 1.165) is 25.9 Å². The number of ether oxygens (including phenoxy) is 2. The number of hydrogen-bond acceptors (Lipinski definition) is 8. The molecule has 3 aliphatic rings. The number of anilines is 2. The van der Waals surface area contributed by atoms with Crippen LogP contribution in [0.25, 0.3) is 5.52 Å². The van der Waals surface area contributed by atoms with E-state index in [2.05, 4.69) is 43.7 Å². The van der Waals surface area contributed by atoms with Gasteiger partial charge in [0, 0.05) is 0 Å². The third kappa shape index (κ3) is 5.66. The fourth-order valence-corrected chi connectivity index (χ4v) is 7.42. The number of methoxy groups -OCH3 is 1. The van der Waals surface area contributed by atoms with Crippen LogP contribution in [-0.4, -0.2) is 98.3 Å². The molecule has 2 atom stereocenters. The quantitative estimate of drug-likeness (QED) is 0.247. The van der Waals surface area contributed by atoms with Crippen LogP contribution in [0.5, 0.6) is 5.75 Å². The number of halogens is 3. The number of likely N-dealkylation sites (tertiary alicyclic amines) is 1. The molecule has 0 bridgehead atoms. The second kappa shape index (κ2) is 11.5. The van der Waals surface area contributed by atoms with Crippen molar-refractivity contribution in [2.75, 3.05) is 57.6 Å². The van der Waals surface area contributed by atoms with Crippen molar-refractivity contribution < 1.29 is 27.4 Å². The van der Waals surface area contributed by atoms with Crippen LogP contribution in [0, 0.1) is 29.1 Å². The number of hydrogen-bond donors (Lipinski definition) is 3. The summed E-state index contributed by atoms with van der Waals surface area (Å²) in [5.41, 5.74) is 1.03. The third-order valence-electron chi connectivity index (χ3n) is 8.51. The molecule has 10 nitrogen and oxygen atoms in total. The Hall–Kier alpha value is -3.94. The fraction of sp³-hybridized carbons (Fsp3) is 0.433. The molecule has 1 saturated carbocycles. The summed E-state index contributed by atoms with van der Waals surface area (Å²) in [6.07, 6.45) is 4.75. The van der Waals surface area contributed by atoms with Crippen molar-refractivity contribution in [3.8, 4) is 23.7 Å². The predicted octanol–water partition coefficient (Wildman–Crippen LogP) is 2.18. The predicted molar refractivity (Wildman–Crippen MR) is 158 cm³/mol. The van der Waals surface area contributed by atoms with Crippen LogP contribution >= 0.6 is 0 Å². The Kier molecular flexibility index (Phi) is 7.89. The van der Waals surface area contributed by atoms with Gasteiger partial charge in [-0.3, -0.25) is 0 Å². The first-order chi connectivity index (χ1) is 21.1. The van der Waals surface area contributed by atoms with Crippen LogP contribution in [-0.2, 0) is 4.74 Å². The molecule has 4 heterocycles. The zero-order valence-electron chi connectivity index (χ0n) is 24.0. The molecule has 2 aromatic heterocycles. The number of rotatable bonds is 8. The number of aromatic nitrogens is 2. The average Bonchev–Trinajstić information content (AvgIpc) is 3.59. The Morgan fingerprint density at radius 2 is 2.14 bits per heavy atom. The first-order valence-corrected chi connectivity index (χ1v) is 15.7. The summed E-state index contributed by atoms with van der Waals surface area (Å²) < 4.78 is 53.5. The summed E-state index contributed by atoms with van der Waals surface area (Å²) in [7, 11) is 3.04. The summed E-state index contributed by atoms with van der Waals surface area (Å²) in [5, 5.41) is 14.6. The van der Waals surface area contributed by atoms with Gasteiger partial charge >= 0.3 is 259 Å². The molecule has 1 amide bonds. The number of alkyl halides is 3. The van der Waals surface area contributed by atoms with Crippen molar-refractivity contribution >= 4 is 42.5 Å². The van der Waals surface area contributed by atoms with E-state index < -0.39 is 25.6 Å². The molecule has 44 heavy (non-hydrogen) atoms. The number of nitrogens with zero attached hydrogens (tertiary/aromatic N) is 4. The maximum absolute atomic E-state index is 13.7. The molecule has 230 valence electrons. The number of nitrogens with one attached hydrogen (secondary N) is 3. The summed E-state index contributed by atoms with van der Waals surface area (Å²) in [6, 6.07) is 9.00. The SMILES string of the molecule is CNC(=O)c1ccc(OC)c(NCC#Cc2cc3c(NC45CCN(C6(C#N)COC6)CC4C5)nccn3c2[Se]C(F)(F)F)c1. The first kappa shape index (κ1) is 30.1.